The largest absolute Gasteiger partial charge is 0.316 e. The highest BCUT2D eigenvalue weighted by molar-refractivity contribution is 5.09. The number of likely N-dealkylation sites (N-methyl/N-ethyl adjacent to an activating group) is 1. The van der Waals surface area contributed by atoms with Crippen molar-refractivity contribution in [1.82, 2.24) is 5.32 Å². The molecule has 0 spiro atoms. The maximum Gasteiger partial charge on any atom is 0.0164 e. The molecule has 0 atom stereocenters. The highest BCUT2D eigenvalue weighted by Gasteiger charge is 2.11. The van der Waals surface area contributed by atoms with Crippen LogP contribution in [0.25, 0.3) is 0 Å². The van der Waals surface area contributed by atoms with Crippen LogP contribution in [0, 0.1) is 11.8 Å². The molecule has 0 heterocycles. The van der Waals surface area contributed by atoms with Gasteiger partial charge in [0.2, 0.25) is 0 Å². The molecule has 0 radical (unpaired) electrons. The van der Waals surface area contributed by atoms with Gasteiger partial charge in [0.05, 0.1) is 0 Å². The molecule has 1 nitrogen and oxygen atoms in total. The SMILES string of the molecule is CNCC(=CC1CCCCCC1)C(C)C. The highest BCUT2D eigenvalue weighted by Crippen LogP contribution is 2.26. The van der Waals surface area contributed by atoms with Crippen LogP contribution in [-0.2, 0) is 0 Å². The summed E-state index contributed by atoms with van der Waals surface area (Å²) in [6.45, 7) is 5.67. The van der Waals surface area contributed by atoms with Gasteiger partial charge in [0.1, 0.15) is 0 Å². The van der Waals surface area contributed by atoms with Crippen molar-refractivity contribution in [3.05, 3.63) is 11.6 Å². The maximum absolute atomic E-state index is 3.29. The van der Waals surface area contributed by atoms with Crippen LogP contribution in [0.15, 0.2) is 11.6 Å². The van der Waals surface area contributed by atoms with Gasteiger partial charge < -0.3 is 5.32 Å². The number of hydrogen-bond donors (Lipinski definition) is 1. The topological polar surface area (TPSA) is 12.0 Å². The van der Waals surface area contributed by atoms with Gasteiger partial charge in [0.25, 0.3) is 0 Å². The molecule has 15 heavy (non-hydrogen) atoms. The first-order chi connectivity index (χ1) is 7.24. The van der Waals surface area contributed by atoms with Gasteiger partial charge in [-0.1, -0.05) is 51.2 Å². The summed E-state index contributed by atoms with van der Waals surface area (Å²) in [5.41, 5.74) is 1.60. The van der Waals surface area contributed by atoms with Crippen molar-refractivity contribution >= 4 is 0 Å². The van der Waals surface area contributed by atoms with E-state index < -0.39 is 0 Å². The van der Waals surface area contributed by atoms with Crippen molar-refractivity contribution < 1.29 is 0 Å². The molecule has 1 saturated carbocycles. The molecule has 1 rings (SSSR count). The average molecular weight is 209 g/mol. The second kappa shape index (κ2) is 7.05. The minimum atomic E-state index is 0.695. The zero-order chi connectivity index (χ0) is 11.1. The molecule has 88 valence electrons. The van der Waals surface area contributed by atoms with Crippen molar-refractivity contribution in [3.8, 4) is 0 Å². The van der Waals surface area contributed by atoms with E-state index in [1.54, 1.807) is 5.57 Å². The van der Waals surface area contributed by atoms with Crippen LogP contribution < -0.4 is 5.32 Å². The third kappa shape index (κ3) is 4.83. The molecule has 0 aromatic heterocycles. The van der Waals surface area contributed by atoms with Gasteiger partial charge in [0.15, 0.2) is 0 Å². The van der Waals surface area contributed by atoms with E-state index in [0.29, 0.717) is 5.92 Å². The molecule has 1 fully saturated rings. The molecule has 0 aromatic rings. The average Bonchev–Trinajstić information content (AvgIpc) is 2.45. The van der Waals surface area contributed by atoms with E-state index in [2.05, 4.69) is 25.2 Å². The predicted molar refractivity (Wildman–Crippen MR) is 68.0 cm³/mol. The van der Waals surface area contributed by atoms with Gasteiger partial charge in [-0.3, -0.25) is 0 Å². The van der Waals surface area contributed by atoms with E-state index in [0.717, 1.165) is 12.5 Å². The van der Waals surface area contributed by atoms with Crippen LogP contribution in [0.5, 0.6) is 0 Å². The van der Waals surface area contributed by atoms with Gasteiger partial charge in [0, 0.05) is 6.54 Å². The number of rotatable bonds is 4. The molecule has 1 N–H and O–H groups in total. The standard InChI is InChI=1S/C14H27N/c1-12(2)14(11-15-3)10-13-8-6-4-5-7-9-13/h10,12-13,15H,4-9,11H2,1-3H3. The van der Waals surface area contributed by atoms with Crippen LogP contribution in [0.1, 0.15) is 52.4 Å². The fraction of sp³-hybridized carbons (Fsp3) is 0.857. The van der Waals surface area contributed by atoms with Crippen LogP contribution in [0.3, 0.4) is 0 Å². The number of allylic oxidation sites excluding steroid dienone is 1. The Bertz CT molecular complexity index is 186. The fourth-order valence-electron chi connectivity index (χ4n) is 2.44. The molecule has 1 aliphatic carbocycles. The summed E-state index contributed by atoms with van der Waals surface area (Å²) < 4.78 is 0. The lowest BCUT2D eigenvalue weighted by atomic mass is 9.93. The molecule has 0 unspecified atom stereocenters. The first-order valence-electron chi connectivity index (χ1n) is 6.59. The second-order valence-corrected chi connectivity index (χ2v) is 5.18. The minimum absolute atomic E-state index is 0.695. The summed E-state index contributed by atoms with van der Waals surface area (Å²) in [6.07, 6.45) is 11.2. The fourth-order valence-corrected chi connectivity index (χ4v) is 2.44. The lowest BCUT2D eigenvalue weighted by Crippen LogP contribution is -2.15. The lowest BCUT2D eigenvalue weighted by Gasteiger charge is -2.16. The van der Waals surface area contributed by atoms with E-state index in [-0.39, 0.29) is 0 Å². The zero-order valence-electron chi connectivity index (χ0n) is 10.7. The van der Waals surface area contributed by atoms with Gasteiger partial charge >= 0.3 is 0 Å². The summed E-state index contributed by atoms with van der Waals surface area (Å²) in [4.78, 5) is 0. The van der Waals surface area contributed by atoms with Gasteiger partial charge in [-0.25, -0.2) is 0 Å². The normalized spacial score (nSPS) is 20.7. The molecular formula is C14H27N. The molecule has 0 aromatic carbocycles. The predicted octanol–water partition coefficient (Wildman–Crippen LogP) is 3.76. The summed E-state index contributed by atoms with van der Waals surface area (Å²) in [5, 5.41) is 3.29. The Morgan fingerprint density at radius 3 is 2.27 bits per heavy atom. The van der Waals surface area contributed by atoms with E-state index in [1.807, 2.05) is 7.05 Å². The smallest absolute Gasteiger partial charge is 0.0164 e. The van der Waals surface area contributed by atoms with Crippen molar-refractivity contribution in [2.75, 3.05) is 13.6 Å². The van der Waals surface area contributed by atoms with Gasteiger partial charge in [-0.05, 0) is 31.7 Å². The van der Waals surface area contributed by atoms with Gasteiger partial charge in [-0.2, -0.15) is 0 Å². The maximum atomic E-state index is 3.29. The molecule has 0 bridgehead atoms. The van der Waals surface area contributed by atoms with Crippen LogP contribution in [0.2, 0.25) is 0 Å². The summed E-state index contributed by atoms with van der Waals surface area (Å²) in [5.74, 6) is 1.55. The molecule has 0 amide bonds. The first kappa shape index (κ1) is 12.8. The minimum Gasteiger partial charge on any atom is -0.316 e. The van der Waals surface area contributed by atoms with E-state index in [9.17, 15) is 0 Å². The molecule has 1 heteroatoms. The molecule has 1 aliphatic rings. The Labute approximate surface area is 95.3 Å². The van der Waals surface area contributed by atoms with E-state index in [1.165, 1.54) is 38.5 Å². The molecule has 0 aliphatic heterocycles. The Balaban J connectivity index is 2.54. The zero-order valence-corrected chi connectivity index (χ0v) is 10.7. The second-order valence-electron chi connectivity index (χ2n) is 5.18. The Morgan fingerprint density at radius 1 is 1.20 bits per heavy atom. The summed E-state index contributed by atoms with van der Waals surface area (Å²) >= 11 is 0. The molecular weight excluding hydrogens is 182 g/mol. The van der Waals surface area contributed by atoms with Crippen LogP contribution in [-0.4, -0.2) is 13.6 Å². The third-order valence-corrected chi connectivity index (χ3v) is 3.47. The Kier molecular flexibility index (Phi) is 6.00. The lowest BCUT2D eigenvalue weighted by molar-refractivity contribution is 0.545. The summed E-state index contributed by atoms with van der Waals surface area (Å²) in [7, 11) is 2.04. The van der Waals surface area contributed by atoms with Crippen LogP contribution >= 0.6 is 0 Å². The number of nitrogens with one attached hydrogen (secondary N) is 1. The van der Waals surface area contributed by atoms with Gasteiger partial charge in [-0.15, -0.1) is 0 Å². The van der Waals surface area contributed by atoms with Crippen molar-refractivity contribution in [2.24, 2.45) is 11.8 Å². The third-order valence-electron chi connectivity index (χ3n) is 3.47. The van der Waals surface area contributed by atoms with E-state index >= 15 is 0 Å². The van der Waals surface area contributed by atoms with Crippen molar-refractivity contribution in [3.63, 3.8) is 0 Å². The van der Waals surface area contributed by atoms with Crippen molar-refractivity contribution in [2.45, 2.75) is 52.4 Å². The number of hydrogen-bond acceptors (Lipinski definition) is 1. The monoisotopic (exact) mass is 209 g/mol. The van der Waals surface area contributed by atoms with Crippen molar-refractivity contribution in [1.29, 1.82) is 0 Å². The Hall–Kier alpha value is -0.300. The Morgan fingerprint density at radius 2 is 1.80 bits per heavy atom. The van der Waals surface area contributed by atoms with Crippen LogP contribution in [0.4, 0.5) is 0 Å². The highest BCUT2D eigenvalue weighted by atomic mass is 14.8. The first-order valence-corrected chi connectivity index (χ1v) is 6.59. The molecule has 0 saturated heterocycles. The quantitative estimate of drug-likeness (QED) is 0.549. The van der Waals surface area contributed by atoms with E-state index in [4.69, 9.17) is 0 Å². The summed E-state index contributed by atoms with van der Waals surface area (Å²) in [6, 6.07) is 0.